The van der Waals surface area contributed by atoms with Crippen molar-refractivity contribution in [2.45, 2.75) is 51.3 Å². The molecule has 0 saturated heterocycles. The summed E-state index contributed by atoms with van der Waals surface area (Å²) >= 11 is 0. The van der Waals surface area contributed by atoms with E-state index in [0.29, 0.717) is 5.75 Å². The Balaban J connectivity index is 2.45. The van der Waals surface area contributed by atoms with E-state index in [-0.39, 0.29) is 23.6 Å². The van der Waals surface area contributed by atoms with Gasteiger partial charge in [0.05, 0.1) is 0 Å². The van der Waals surface area contributed by atoms with Crippen molar-refractivity contribution >= 4 is 10.9 Å². The van der Waals surface area contributed by atoms with Gasteiger partial charge in [-0.3, -0.25) is 0 Å². The van der Waals surface area contributed by atoms with E-state index in [2.05, 4.69) is 27.7 Å². The molecule has 1 unspecified atom stereocenters. The van der Waals surface area contributed by atoms with Crippen molar-refractivity contribution < 1.29 is 14.6 Å². The summed E-state index contributed by atoms with van der Waals surface area (Å²) in [6.45, 7) is 8.85. The van der Waals surface area contributed by atoms with Crippen LogP contribution in [0.4, 0.5) is 0 Å². The second kappa shape index (κ2) is 6.61. The van der Waals surface area contributed by atoms with Crippen LogP contribution >= 0.6 is 10.9 Å². The third-order valence-electron chi connectivity index (χ3n) is 3.73. The van der Waals surface area contributed by atoms with Crippen molar-refractivity contribution in [2.75, 3.05) is 18.3 Å². The number of phenolic OH excluding ortho intramolecular Hbond substituents is 1. The molecule has 4 heteroatoms. The molecule has 1 N–H and O–H groups in total. The van der Waals surface area contributed by atoms with Gasteiger partial charge in [0, 0.05) is 10.5 Å². The molecule has 1 aliphatic heterocycles. The molecule has 0 bridgehead atoms. The Labute approximate surface area is 124 Å². The number of hydrogen-bond donors (Lipinski definition) is 2. The highest BCUT2D eigenvalue weighted by Crippen LogP contribution is 2.53. The molecule has 0 aliphatic carbocycles. The average molecular weight is 298 g/mol. The smallest absolute Gasteiger partial charge is 0.231 e. The average Bonchev–Trinajstić information content (AvgIpc) is 2.87. The molecular weight excluding hydrogens is 272 g/mol. The lowest BCUT2D eigenvalue weighted by Gasteiger charge is -2.24. The van der Waals surface area contributed by atoms with Crippen molar-refractivity contribution in [3.63, 3.8) is 0 Å². The van der Waals surface area contributed by atoms with Crippen LogP contribution in [0.1, 0.15) is 52.0 Å². The van der Waals surface area contributed by atoms with Crippen LogP contribution in [0.5, 0.6) is 17.2 Å². The number of thiol groups is 1. The SMILES string of the molecule is CCCC[SH](CC)c1cc2c(c(C(C)C)c1O)OCO2. The summed E-state index contributed by atoms with van der Waals surface area (Å²) < 4.78 is 11.1. The lowest BCUT2D eigenvalue weighted by Crippen LogP contribution is -1.99. The first kappa shape index (κ1) is 15.4. The Morgan fingerprint density at radius 2 is 2.05 bits per heavy atom. The largest absolute Gasteiger partial charge is 0.506 e. The summed E-state index contributed by atoms with van der Waals surface area (Å²) in [5, 5.41) is 10.7. The number of unbranched alkanes of at least 4 members (excludes halogenated alkanes) is 1. The van der Waals surface area contributed by atoms with Gasteiger partial charge in [-0.25, -0.2) is 10.9 Å². The van der Waals surface area contributed by atoms with Crippen molar-refractivity contribution in [2.24, 2.45) is 0 Å². The Morgan fingerprint density at radius 3 is 2.65 bits per heavy atom. The van der Waals surface area contributed by atoms with Gasteiger partial charge in [-0.1, -0.05) is 34.1 Å². The number of hydrogen-bond acceptors (Lipinski definition) is 3. The predicted molar refractivity (Wildman–Crippen MR) is 85.9 cm³/mol. The van der Waals surface area contributed by atoms with Crippen LogP contribution in [0.15, 0.2) is 11.0 Å². The van der Waals surface area contributed by atoms with Crippen molar-refractivity contribution in [3.8, 4) is 17.2 Å². The molecule has 1 aromatic carbocycles. The highest BCUT2D eigenvalue weighted by atomic mass is 32.2. The van der Waals surface area contributed by atoms with Crippen molar-refractivity contribution in [1.29, 1.82) is 0 Å². The summed E-state index contributed by atoms with van der Waals surface area (Å²) in [6.07, 6.45) is 2.41. The highest BCUT2D eigenvalue weighted by Gasteiger charge is 2.27. The zero-order valence-electron chi connectivity index (χ0n) is 12.9. The van der Waals surface area contributed by atoms with Gasteiger partial charge < -0.3 is 14.6 Å². The summed E-state index contributed by atoms with van der Waals surface area (Å²) in [6, 6.07) is 2.01. The second-order valence-electron chi connectivity index (χ2n) is 5.48. The fourth-order valence-electron chi connectivity index (χ4n) is 2.62. The number of fused-ring (bicyclic) bond motifs is 1. The minimum absolute atomic E-state index is 0.227. The lowest BCUT2D eigenvalue weighted by molar-refractivity contribution is 0.173. The molecule has 2 rings (SSSR count). The highest BCUT2D eigenvalue weighted by molar-refractivity contribution is 8.17. The molecule has 0 aromatic heterocycles. The van der Waals surface area contributed by atoms with E-state index < -0.39 is 0 Å². The maximum absolute atomic E-state index is 10.7. The molecule has 3 nitrogen and oxygen atoms in total. The van der Waals surface area contributed by atoms with E-state index in [1.54, 1.807) is 0 Å². The van der Waals surface area contributed by atoms with Gasteiger partial charge in [-0.2, -0.15) is 0 Å². The predicted octanol–water partition coefficient (Wildman–Crippen LogP) is 4.42. The zero-order chi connectivity index (χ0) is 14.7. The summed E-state index contributed by atoms with van der Waals surface area (Å²) in [4.78, 5) is 1.09. The number of phenols is 1. The van der Waals surface area contributed by atoms with E-state index in [4.69, 9.17) is 9.47 Å². The van der Waals surface area contributed by atoms with Gasteiger partial charge in [-0.15, -0.1) is 0 Å². The van der Waals surface area contributed by atoms with E-state index in [9.17, 15) is 5.11 Å². The minimum Gasteiger partial charge on any atom is -0.506 e. The number of ether oxygens (including phenoxy) is 2. The molecular formula is C16H26O3S. The molecule has 1 atom stereocenters. The molecule has 20 heavy (non-hydrogen) atoms. The number of aromatic hydroxyl groups is 1. The molecule has 1 aliphatic rings. The van der Waals surface area contributed by atoms with Gasteiger partial charge in [0.2, 0.25) is 6.79 Å². The molecule has 0 spiro atoms. The molecule has 0 radical (unpaired) electrons. The first-order valence-electron chi connectivity index (χ1n) is 7.50. The molecule has 114 valence electrons. The Kier molecular flexibility index (Phi) is 5.08. The van der Waals surface area contributed by atoms with Crippen LogP contribution in [-0.2, 0) is 0 Å². The van der Waals surface area contributed by atoms with Crippen LogP contribution in [0.25, 0.3) is 0 Å². The fraction of sp³-hybridized carbons (Fsp3) is 0.625. The van der Waals surface area contributed by atoms with E-state index in [1.165, 1.54) is 18.6 Å². The lowest BCUT2D eigenvalue weighted by atomic mass is 10.0. The molecule has 0 amide bonds. The Bertz CT molecular complexity index is 471. The normalized spacial score (nSPS) is 15.8. The van der Waals surface area contributed by atoms with Gasteiger partial charge in [0.25, 0.3) is 0 Å². The number of benzene rings is 1. The van der Waals surface area contributed by atoms with Gasteiger partial charge in [0.15, 0.2) is 11.5 Å². The Morgan fingerprint density at radius 1 is 1.30 bits per heavy atom. The minimum atomic E-state index is -0.313. The van der Waals surface area contributed by atoms with E-state index in [1.807, 2.05) is 6.07 Å². The van der Waals surface area contributed by atoms with E-state index >= 15 is 0 Å². The number of rotatable bonds is 6. The van der Waals surface area contributed by atoms with Gasteiger partial charge in [0.1, 0.15) is 5.75 Å². The molecule has 1 aromatic rings. The van der Waals surface area contributed by atoms with Gasteiger partial charge in [-0.05, 0) is 29.9 Å². The quantitative estimate of drug-likeness (QED) is 0.763. The van der Waals surface area contributed by atoms with Gasteiger partial charge >= 0.3 is 0 Å². The Hall–Kier alpha value is -1.03. The van der Waals surface area contributed by atoms with Crippen LogP contribution in [0.2, 0.25) is 0 Å². The van der Waals surface area contributed by atoms with Crippen molar-refractivity contribution in [1.82, 2.24) is 0 Å². The van der Waals surface area contributed by atoms with Crippen LogP contribution in [0.3, 0.4) is 0 Å². The van der Waals surface area contributed by atoms with Crippen LogP contribution in [0, 0.1) is 0 Å². The summed E-state index contributed by atoms with van der Waals surface area (Å²) in [5.74, 6) is 4.48. The molecule has 1 heterocycles. The standard InChI is InChI=1S/C16H26O3S/c1-5-7-8-20(6-2)13-9-12-16(19-10-18-12)14(11(3)4)15(13)17/h9,11,17,20H,5-8,10H2,1-4H3. The van der Waals surface area contributed by atoms with Crippen LogP contribution < -0.4 is 9.47 Å². The molecule has 0 saturated carbocycles. The third kappa shape index (κ3) is 2.85. The zero-order valence-corrected chi connectivity index (χ0v) is 13.8. The van der Waals surface area contributed by atoms with Crippen molar-refractivity contribution in [3.05, 3.63) is 11.6 Å². The molecule has 0 fully saturated rings. The maximum Gasteiger partial charge on any atom is 0.231 e. The maximum atomic E-state index is 10.7. The first-order chi connectivity index (χ1) is 9.60. The third-order valence-corrected chi connectivity index (χ3v) is 6.37. The fourth-order valence-corrected chi connectivity index (χ4v) is 4.93. The second-order valence-corrected chi connectivity index (χ2v) is 8.12. The monoisotopic (exact) mass is 298 g/mol. The van der Waals surface area contributed by atoms with Crippen LogP contribution in [-0.4, -0.2) is 23.4 Å². The van der Waals surface area contributed by atoms with E-state index in [0.717, 1.165) is 27.7 Å². The summed E-state index contributed by atoms with van der Waals surface area (Å²) in [5.41, 5.74) is 0.910. The first-order valence-corrected chi connectivity index (χ1v) is 9.21. The summed E-state index contributed by atoms with van der Waals surface area (Å²) in [7, 11) is -0.313. The topological polar surface area (TPSA) is 38.7 Å².